The number of rotatable bonds is 10. The van der Waals surface area contributed by atoms with Crippen molar-refractivity contribution in [2.45, 2.75) is 13.0 Å². The Kier molecular flexibility index (Phi) is 8.49. The van der Waals surface area contributed by atoms with Gasteiger partial charge in [-0.15, -0.1) is 0 Å². The third-order valence-corrected chi connectivity index (χ3v) is 3.73. The summed E-state index contributed by atoms with van der Waals surface area (Å²) in [7, 11) is 1.60. The number of para-hydroxylation sites is 2. The predicted octanol–water partition coefficient (Wildman–Crippen LogP) is 2.02. The lowest BCUT2D eigenvalue weighted by molar-refractivity contribution is 0.104. The molecule has 1 rings (SSSR count). The Hall–Kier alpha value is -0.910. The average molecular weight is 299 g/mol. The minimum absolute atomic E-state index is 0.254. The lowest BCUT2D eigenvalue weighted by Gasteiger charge is -2.16. The Morgan fingerprint density at radius 1 is 1.25 bits per heavy atom. The molecule has 2 unspecified atom stereocenters. The van der Waals surface area contributed by atoms with E-state index in [1.165, 1.54) is 0 Å². The summed E-state index contributed by atoms with van der Waals surface area (Å²) in [4.78, 5) is 0. The van der Waals surface area contributed by atoms with Crippen LogP contribution < -0.4 is 14.8 Å². The van der Waals surface area contributed by atoms with Crippen molar-refractivity contribution in [2.75, 3.05) is 38.8 Å². The van der Waals surface area contributed by atoms with E-state index in [0.717, 1.165) is 12.3 Å². The zero-order chi connectivity index (χ0) is 14.8. The van der Waals surface area contributed by atoms with Crippen molar-refractivity contribution in [1.29, 1.82) is 0 Å². The minimum Gasteiger partial charge on any atom is -0.493 e. The quantitative estimate of drug-likeness (QED) is 0.692. The van der Waals surface area contributed by atoms with Crippen LogP contribution in [0, 0.1) is 5.92 Å². The molecule has 0 saturated heterocycles. The van der Waals surface area contributed by atoms with Gasteiger partial charge in [0.25, 0.3) is 0 Å². The second-order valence-electron chi connectivity index (χ2n) is 4.83. The summed E-state index contributed by atoms with van der Waals surface area (Å²) in [5.41, 5.74) is 0. The first-order valence-electron chi connectivity index (χ1n) is 6.81. The molecule has 2 atom stereocenters. The first kappa shape index (κ1) is 17.1. The van der Waals surface area contributed by atoms with Crippen LogP contribution in [0.15, 0.2) is 24.3 Å². The summed E-state index contributed by atoms with van der Waals surface area (Å²) in [5, 5.41) is 13.1. The van der Waals surface area contributed by atoms with Gasteiger partial charge in [-0.3, -0.25) is 0 Å². The van der Waals surface area contributed by atoms with Crippen LogP contribution in [0.2, 0.25) is 0 Å². The summed E-state index contributed by atoms with van der Waals surface area (Å²) >= 11 is 1.84. The molecule has 1 aromatic carbocycles. The van der Waals surface area contributed by atoms with Crippen LogP contribution in [0.1, 0.15) is 6.92 Å². The second kappa shape index (κ2) is 9.91. The zero-order valence-corrected chi connectivity index (χ0v) is 13.3. The summed E-state index contributed by atoms with van der Waals surface area (Å²) in [6, 6.07) is 7.44. The number of thioether (sulfide) groups is 1. The largest absolute Gasteiger partial charge is 0.493 e. The molecule has 0 aliphatic rings. The van der Waals surface area contributed by atoms with Gasteiger partial charge in [-0.2, -0.15) is 11.8 Å². The Morgan fingerprint density at radius 3 is 2.60 bits per heavy atom. The van der Waals surface area contributed by atoms with Gasteiger partial charge in [-0.1, -0.05) is 19.1 Å². The first-order chi connectivity index (χ1) is 9.67. The first-order valence-corrected chi connectivity index (χ1v) is 8.20. The van der Waals surface area contributed by atoms with Crippen LogP contribution in [0.5, 0.6) is 11.5 Å². The van der Waals surface area contributed by atoms with Crippen molar-refractivity contribution in [3.05, 3.63) is 24.3 Å². The van der Waals surface area contributed by atoms with Crippen molar-refractivity contribution in [1.82, 2.24) is 5.32 Å². The number of nitrogens with one attached hydrogen (secondary N) is 1. The lowest BCUT2D eigenvalue weighted by Crippen LogP contribution is -2.34. The number of hydrogen-bond donors (Lipinski definition) is 2. The number of benzene rings is 1. The molecule has 1 aromatic rings. The van der Waals surface area contributed by atoms with Gasteiger partial charge in [-0.25, -0.2) is 0 Å². The summed E-state index contributed by atoms with van der Waals surface area (Å²) in [6.07, 6.45) is 1.58. The fourth-order valence-electron chi connectivity index (χ4n) is 1.82. The summed E-state index contributed by atoms with van der Waals surface area (Å²) in [5.74, 6) is 3.07. The Morgan fingerprint density at radius 2 is 1.95 bits per heavy atom. The fourth-order valence-corrected chi connectivity index (χ4v) is 2.51. The molecule has 0 aliphatic heterocycles. The molecule has 0 saturated carbocycles. The van der Waals surface area contributed by atoms with E-state index in [1.54, 1.807) is 7.11 Å². The predicted molar refractivity (Wildman–Crippen MR) is 84.9 cm³/mol. The maximum atomic E-state index is 9.88. The molecule has 114 valence electrons. The molecule has 4 nitrogen and oxygen atoms in total. The van der Waals surface area contributed by atoms with Crippen LogP contribution in [-0.2, 0) is 0 Å². The molecule has 0 amide bonds. The molecule has 0 aliphatic carbocycles. The smallest absolute Gasteiger partial charge is 0.161 e. The standard InChI is InChI=1S/C15H25NO3S/c1-12(11-20-3)8-16-9-13(17)10-19-15-7-5-4-6-14(15)18-2/h4-7,12-13,16-17H,8-11H2,1-3H3. The molecular weight excluding hydrogens is 274 g/mol. The van der Waals surface area contributed by atoms with Crippen LogP contribution in [0.4, 0.5) is 0 Å². The van der Waals surface area contributed by atoms with E-state index in [9.17, 15) is 5.11 Å². The molecule has 0 heterocycles. The molecule has 0 aromatic heterocycles. The van der Waals surface area contributed by atoms with E-state index >= 15 is 0 Å². The average Bonchev–Trinajstić information content (AvgIpc) is 2.45. The molecule has 2 N–H and O–H groups in total. The molecule has 0 spiro atoms. The van der Waals surface area contributed by atoms with Crippen LogP contribution >= 0.6 is 11.8 Å². The summed E-state index contributed by atoms with van der Waals surface area (Å²) in [6.45, 7) is 3.89. The third-order valence-electron chi connectivity index (χ3n) is 2.82. The fraction of sp³-hybridized carbons (Fsp3) is 0.600. The van der Waals surface area contributed by atoms with Crippen molar-refractivity contribution in [2.24, 2.45) is 5.92 Å². The van der Waals surface area contributed by atoms with Crippen LogP contribution in [0.25, 0.3) is 0 Å². The van der Waals surface area contributed by atoms with Crippen LogP contribution in [0.3, 0.4) is 0 Å². The number of aliphatic hydroxyl groups is 1. The van der Waals surface area contributed by atoms with Gasteiger partial charge >= 0.3 is 0 Å². The van der Waals surface area contributed by atoms with Crippen molar-refractivity contribution < 1.29 is 14.6 Å². The maximum Gasteiger partial charge on any atom is 0.161 e. The molecular formula is C15H25NO3S. The van der Waals surface area contributed by atoms with Crippen molar-refractivity contribution in [3.63, 3.8) is 0 Å². The third kappa shape index (κ3) is 6.50. The normalized spacial score (nSPS) is 13.8. The van der Waals surface area contributed by atoms with Crippen molar-refractivity contribution >= 4 is 11.8 Å². The highest BCUT2D eigenvalue weighted by Crippen LogP contribution is 2.25. The number of ether oxygens (including phenoxy) is 2. The maximum absolute atomic E-state index is 9.88. The topological polar surface area (TPSA) is 50.7 Å². The molecule has 5 heteroatoms. The molecule has 20 heavy (non-hydrogen) atoms. The highest BCUT2D eigenvalue weighted by Gasteiger charge is 2.08. The number of methoxy groups -OCH3 is 1. The molecule has 0 radical (unpaired) electrons. The van der Waals surface area contributed by atoms with Gasteiger partial charge in [0.05, 0.1) is 7.11 Å². The SMILES string of the molecule is COc1ccccc1OCC(O)CNCC(C)CSC. The Balaban J connectivity index is 2.24. The summed E-state index contributed by atoms with van der Waals surface area (Å²) < 4.78 is 10.8. The molecule has 0 bridgehead atoms. The van der Waals surface area contributed by atoms with Crippen molar-refractivity contribution in [3.8, 4) is 11.5 Å². The van der Waals surface area contributed by atoms with Gasteiger partial charge in [0.15, 0.2) is 11.5 Å². The Bertz CT molecular complexity index is 376. The monoisotopic (exact) mass is 299 g/mol. The highest BCUT2D eigenvalue weighted by molar-refractivity contribution is 7.98. The van der Waals surface area contributed by atoms with E-state index in [1.807, 2.05) is 36.0 Å². The second-order valence-corrected chi connectivity index (χ2v) is 5.75. The van der Waals surface area contributed by atoms with Gasteiger partial charge in [0, 0.05) is 6.54 Å². The number of aliphatic hydroxyl groups excluding tert-OH is 1. The van der Waals surface area contributed by atoms with E-state index in [-0.39, 0.29) is 6.61 Å². The van der Waals surface area contributed by atoms with Crippen LogP contribution in [-0.4, -0.2) is 50.0 Å². The van der Waals surface area contributed by atoms with E-state index in [2.05, 4.69) is 18.5 Å². The van der Waals surface area contributed by atoms with Gasteiger partial charge in [-0.05, 0) is 36.6 Å². The minimum atomic E-state index is -0.526. The van der Waals surface area contributed by atoms with Gasteiger partial charge < -0.3 is 19.9 Å². The molecule has 0 fully saturated rings. The van der Waals surface area contributed by atoms with E-state index in [0.29, 0.717) is 24.0 Å². The van der Waals surface area contributed by atoms with E-state index < -0.39 is 6.10 Å². The lowest BCUT2D eigenvalue weighted by atomic mass is 10.2. The van der Waals surface area contributed by atoms with Gasteiger partial charge in [0.1, 0.15) is 12.7 Å². The highest BCUT2D eigenvalue weighted by atomic mass is 32.2. The number of hydrogen-bond acceptors (Lipinski definition) is 5. The van der Waals surface area contributed by atoms with Gasteiger partial charge in [0.2, 0.25) is 0 Å². The van der Waals surface area contributed by atoms with E-state index in [4.69, 9.17) is 9.47 Å². The Labute approximate surface area is 125 Å². The zero-order valence-electron chi connectivity index (χ0n) is 12.5.